The van der Waals surface area contributed by atoms with Gasteiger partial charge in [-0.3, -0.25) is 4.79 Å². The van der Waals surface area contributed by atoms with Crippen LogP contribution in [0.2, 0.25) is 0 Å². The molecular weight excluding hydrogens is 352 g/mol. The fourth-order valence-corrected chi connectivity index (χ4v) is 3.34. The molecule has 2 aromatic carbocycles. The standard InChI is InChI=1S/C23H28N2O3/c1-15-10-20-18(14-28-22(20)11-16(15)2)12-23(26)24-13-21(25(3)4)17-6-8-19(27-5)9-7-17/h6-11,14,21H,12-13H2,1-5H3,(H,24,26). The average molecular weight is 380 g/mol. The molecule has 0 aliphatic carbocycles. The van der Waals surface area contributed by atoms with E-state index in [1.807, 2.05) is 44.4 Å². The Labute approximate surface area is 166 Å². The fourth-order valence-electron chi connectivity index (χ4n) is 3.34. The maximum Gasteiger partial charge on any atom is 0.224 e. The summed E-state index contributed by atoms with van der Waals surface area (Å²) >= 11 is 0. The molecule has 5 nitrogen and oxygen atoms in total. The Morgan fingerprint density at radius 3 is 2.46 bits per heavy atom. The van der Waals surface area contributed by atoms with Gasteiger partial charge in [0.1, 0.15) is 11.3 Å². The summed E-state index contributed by atoms with van der Waals surface area (Å²) < 4.78 is 10.9. The number of ether oxygens (including phenoxy) is 1. The zero-order valence-corrected chi connectivity index (χ0v) is 17.2. The molecule has 1 unspecified atom stereocenters. The van der Waals surface area contributed by atoms with Crippen LogP contribution in [-0.4, -0.2) is 38.6 Å². The van der Waals surface area contributed by atoms with Gasteiger partial charge in [-0.05, 0) is 68.9 Å². The van der Waals surface area contributed by atoms with Crippen molar-refractivity contribution >= 4 is 16.9 Å². The molecule has 5 heteroatoms. The second-order valence-electron chi connectivity index (χ2n) is 7.43. The number of carbonyl (C=O) groups excluding carboxylic acids is 1. The van der Waals surface area contributed by atoms with Gasteiger partial charge in [0.25, 0.3) is 0 Å². The van der Waals surface area contributed by atoms with E-state index in [-0.39, 0.29) is 11.9 Å². The van der Waals surface area contributed by atoms with Gasteiger partial charge in [0.2, 0.25) is 5.91 Å². The second kappa shape index (κ2) is 8.48. The minimum atomic E-state index is -0.0127. The van der Waals surface area contributed by atoms with Crippen molar-refractivity contribution in [3.63, 3.8) is 0 Å². The molecule has 0 radical (unpaired) electrons. The van der Waals surface area contributed by atoms with Crippen molar-refractivity contribution in [1.82, 2.24) is 10.2 Å². The predicted molar refractivity (Wildman–Crippen MR) is 112 cm³/mol. The largest absolute Gasteiger partial charge is 0.497 e. The lowest BCUT2D eigenvalue weighted by molar-refractivity contribution is -0.120. The van der Waals surface area contributed by atoms with E-state index >= 15 is 0 Å². The third kappa shape index (κ3) is 4.37. The molecule has 0 saturated heterocycles. The number of rotatable bonds is 7. The highest BCUT2D eigenvalue weighted by Crippen LogP contribution is 2.25. The number of hydrogen-bond acceptors (Lipinski definition) is 4. The van der Waals surface area contributed by atoms with Crippen molar-refractivity contribution in [2.45, 2.75) is 26.3 Å². The van der Waals surface area contributed by atoms with Gasteiger partial charge in [-0.15, -0.1) is 0 Å². The highest BCUT2D eigenvalue weighted by Gasteiger charge is 2.17. The molecule has 1 atom stereocenters. The first-order valence-corrected chi connectivity index (χ1v) is 9.43. The van der Waals surface area contributed by atoms with Crippen LogP contribution in [0.1, 0.15) is 28.3 Å². The molecule has 0 aliphatic heterocycles. The van der Waals surface area contributed by atoms with E-state index in [9.17, 15) is 4.79 Å². The number of carbonyl (C=O) groups is 1. The van der Waals surface area contributed by atoms with Crippen LogP contribution in [0.15, 0.2) is 47.1 Å². The number of methoxy groups -OCH3 is 1. The monoisotopic (exact) mass is 380 g/mol. The summed E-state index contributed by atoms with van der Waals surface area (Å²) in [6, 6.07) is 12.1. The number of likely N-dealkylation sites (N-methyl/N-ethyl adjacent to an activating group) is 1. The minimum absolute atomic E-state index is 0.0127. The van der Waals surface area contributed by atoms with Gasteiger partial charge < -0.3 is 19.4 Å². The third-order valence-electron chi connectivity index (χ3n) is 5.24. The molecule has 1 aromatic heterocycles. The molecule has 0 aliphatic rings. The average Bonchev–Trinajstić information content (AvgIpc) is 3.04. The summed E-state index contributed by atoms with van der Waals surface area (Å²) in [5.74, 6) is 0.809. The lowest BCUT2D eigenvalue weighted by Gasteiger charge is -2.25. The number of fused-ring (bicyclic) bond motifs is 1. The van der Waals surface area contributed by atoms with Crippen LogP contribution in [-0.2, 0) is 11.2 Å². The zero-order chi connectivity index (χ0) is 20.3. The number of benzene rings is 2. The lowest BCUT2D eigenvalue weighted by Crippen LogP contribution is -2.35. The summed E-state index contributed by atoms with van der Waals surface area (Å²) in [6.45, 7) is 4.67. The first kappa shape index (κ1) is 20.0. The van der Waals surface area contributed by atoms with E-state index in [0.717, 1.165) is 27.8 Å². The molecule has 1 heterocycles. The van der Waals surface area contributed by atoms with Crippen LogP contribution in [0.3, 0.4) is 0 Å². The smallest absolute Gasteiger partial charge is 0.224 e. The summed E-state index contributed by atoms with van der Waals surface area (Å²) in [5.41, 5.74) is 5.26. The van der Waals surface area contributed by atoms with Crippen molar-refractivity contribution in [2.24, 2.45) is 0 Å². The highest BCUT2D eigenvalue weighted by atomic mass is 16.5. The van der Waals surface area contributed by atoms with Crippen LogP contribution < -0.4 is 10.1 Å². The number of furan rings is 1. The molecule has 28 heavy (non-hydrogen) atoms. The number of nitrogens with zero attached hydrogens (tertiary/aromatic N) is 1. The molecule has 0 fully saturated rings. The normalized spacial score (nSPS) is 12.4. The van der Waals surface area contributed by atoms with Gasteiger partial charge in [-0.25, -0.2) is 0 Å². The quantitative estimate of drug-likeness (QED) is 0.673. The van der Waals surface area contributed by atoms with Crippen LogP contribution in [0.5, 0.6) is 5.75 Å². The van der Waals surface area contributed by atoms with Crippen LogP contribution >= 0.6 is 0 Å². The Morgan fingerprint density at radius 2 is 1.82 bits per heavy atom. The first-order chi connectivity index (χ1) is 13.4. The molecule has 1 amide bonds. The van der Waals surface area contributed by atoms with Crippen molar-refractivity contribution in [1.29, 1.82) is 0 Å². The summed E-state index contributed by atoms with van der Waals surface area (Å²) in [6.07, 6.45) is 1.99. The van der Waals surface area contributed by atoms with E-state index in [1.54, 1.807) is 13.4 Å². The summed E-state index contributed by atoms with van der Waals surface area (Å²) in [4.78, 5) is 14.7. The lowest BCUT2D eigenvalue weighted by atomic mass is 10.0. The van der Waals surface area contributed by atoms with E-state index < -0.39 is 0 Å². The van der Waals surface area contributed by atoms with E-state index in [4.69, 9.17) is 9.15 Å². The van der Waals surface area contributed by atoms with Crippen molar-refractivity contribution in [2.75, 3.05) is 27.7 Å². The Morgan fingerprint density at radius 1 is 1.14 bits per heavy atom. The maximum atomic E-state index is 12.6. The van der Waals surface area contributed by atoms with Crippen molar-refractivity contribution < 1.29 is 13.9 Å². The number of amides is 1. The molecule has 0 bridgehead atoms. The van der Waals surface area contributed by atoms with E-state index in [0.29, 0.717) is 13.0 Å². The molecule has 3 rings (SSSR count). The Balaban J connectivity index is 1.67. The Bertz CT molecular complexity index is 958. The predicted octanol–water partition coefficient (Wildman–Crippen LogP) is 4.02. The van der Waals surface area contributed by atoms with Gasteiger partial charge in [0.15, 0.2) is 0 Å². The van der Waals surface area contributed by atoms with Gasteiger partial charge in [-0.2, -0.15) is 0 Å². The van der Waals surface area contributed by atoms with Gasteiger partial charge >= 0.3 is 0 Å². The van der Waals surface area contributed by atoms with Gasteiger partial charge in [0.05, 0.1) is 25.8 Å². The van der Waals surface area contributed by atoms with Crippen LogP contribution in [0.4, 0.5) is 0 Å². The number of hydrogen-bond donors (Lipinski definition) is 1. The number of nitrogens with one attached hydrogen (secondary N) is 1. The van der Waals surface area contributed by atoms with E-state index in [2.05, 4.69) is 30.1 Å². The Hall–Kier alpha value is -2.79. The third-order valence-corrected chi connectivity index (χ3v) is 5.24. The van der Waals surface area contributed by atoms with E-state index in [1.165, 1.54) is 11.1 Å². The van der Waals surface area contributed by atoms with Crippen molar-refractivity contribution in [3.05, 3.63) is 64.9 Å². The second-order valence-corrected chi connectivity index (χ2v) is 7.43. The SMILES string of the molecule is COc1ccc(C(CNC(=O)Cc2coc3cc(C)c(C)cc23)N(C)C)cc1. The molecule has 0 spiro atoms. The topological polar surface area (TPSA) is 54.7 Å². The summed E-state index contributed by atoms with van der Waals surface area (Å²) in [7, 11) is 5.67. The van der Waals surface area contributed by atoms with Gasteiger partial charge in [0, 0.05) is 17.5 Å². The summed E-state index contributed by atoms with van der Waals surface area (Å²) in [5, 5.41) is 4.08. The Kier molecular flexibility index (Phi) is 6.05. The minimum Gasteiger partial charge on any atom is -0.497 e. The highest BCUT2D eigenvalue weighted by molar-refractivity contribution is 5.88. The van der Waals surface area contributed by atoms with Crippen LogP contribution in [0, 0.1) is 13.8 Å². The first-order valence-electron chi connectivity index (χ1n) is 9.43. The molecule has 0 saturated carbocycles. The van der Waals surface area contributed by atoms with Gasteiger partial charge in [-0.1, -0.05) is 12.1 Å². The van der Waals surface area contributed by atoms with Crippen molar-refractivity contribution in [3.8, 4) is 5.75 Å². The van der Waals surface area contributed by atoms with Crippen LogP contribution in [0.25, 0.3) is 11.0 Å². The number of aryl methyl sites for hydroxylation is 2. The molecule has 1 N–H and O–H groups in total. The molecule has 3 aromatic rings. The fraction of sp³-hybridized carbons (Fsp3) is 0.348. The molecule has 148 valence electrons. The maximum absolute atomic E-state index is 12.6. The zero-order valence-electron chi connectivity index (χ0n) is 17.2. The molecular formula is C23H28N2O3.